The van der Waals surface area contributed by atoms with Gasteiger partial charge in [0.25, 0.3) is 0 Å². The molecule has 0 radical (unpaired) electrons. The molecule has 2 aromatic rings. The van der Waals surface area contributed by atoms with Crippen LogP contribution in [-0.2, 0) is 9.59 Å². The van der Waals surface area contributed by atoms with Crippen LogP contribution in [-0.4, -0.2) is 32.6 Å². The van der Waals surface area contributed by atoms with E-state index in [2.05, 4.69) is 5.32 Å². The first-order valence-corrected chi connectivity index (χ1v) is 8.29. The Morgan fingerprint density at radius 2 is 1.89 bits per heavy atom. The maximum atomic E-state index is 12.3. The van der Waals surface area contributed by atoms with Crippen molar-refractivity contribution in [2.45, 2.75) is 13.3 Å². The number of anilines is 2. The van der Waals surface area contributed by atoms with Gasteiger partial charge in [0, 0.05) is 26.0 Å². The number of hydrogen-bond donors (Lipinski definition) is 1. The van der Waals surface area contributed by atoms with Crippen molar-refractivity contribution in [1.82, 2.24) is 0 Å². The van der Waals surface area contributed by atoms with Gasteiger partial charge in [-0.1, -0.05) is 12.1 Å². The molecule has 0 bridgehead atoms. The first-order chi connectivity index (χ1) is 13.0. The van der Waals surface area contributed by atoms with Gasteiger partial charge in [-0.3, -0.25) is 9.59 Å². The number of nitriles is 1. The summed E-state index contributed by atoms with van der Waals surface area (Å²) in [5.74, 6) is 0.560. The van der Waals surface area contributed by atoms with Crippen molar-refractivity contribution in [3.63, 3.8) is 0 Å². The number of benzene rings is 2. The predicted octanol–water partition coefficient (Wildman–Crippen LogP) is 2.96. The largest absolute Gasteiger partial charge is 0.497 e. The van der Waals surface area contributed by atoms with Gasteiger partial charge in [0.05, 0.1) is 31.2 Å². The zero-order valence-electron chi connectivity index (χ0n) is 15.5. The molecule has 7 nitrogen and oxygen atoms in total. The minimum Gasteiger partial charge on any atom is -0.497 e. The van der Waals surface area contributed by atoms with Gasteiger partial charge in [0.1, 0.15) is 17.6 Å². The smallest absolute Gasteiger partial charge is 0.226 e. The SMILES string of the molecule is COc1ccc(N(CCC(=O)Nc2ccccc2C#N)C(C)=O)c(OC)c1. The topological polar surface area (TPSA) is 91.7 Å². The Morgan fingerprint density at radius 1 is 1.15 bits per heavy atom. The van der Waals surface area contributed by atoms with E-state index in [1.807, 2.05) is 6.07 Å². The van der Waals surface area contributed by atoms with Crippen molar-refractivity contribution in [3.05, 3.63) is 48.0 Å². The first kappa shape index (κ1) is 19.8. The maximum Gasteiger partial charge on any atom is 0.226 e. The summed E-state index contributed by atoms with van der Waals surface area (Å²) in [5.41, 5.74) is 1.38. The van der Waals surface area contributed by atoms with Gasteiger partial charge in [0.2, 0.25) is 11.8 Å². The summed E-state index contributed by atoms with van der Waals surface area (Å²) in [6, 6.07) is 13.9. The van der Waals surface area contributed by atoms with E-state index < -0.39 is 0 Å². The third kappa shape index (κ3) is 4.98. The van der Waals surface area contributed by atoms with Gasteiger partial charge in [-0.2, -0.15) is 5.26 Å². The standard InChI is InChI=1S/C20H21N3O4/c1-14(24)23(18-9-8-16(26-2)12-19(18)27-3)11-10-20(25)22-17-7-5-4-6-15(17)13-21/h4-9,12H,10-11H2,1-3H3,(H,22,25). The van der Waals surface area contributed by atoms with Crippen LogP contribution in [0.15, 0.2) is 42.5 Å². The van der Waals surface area contributed by atoms with Crippen LogP contribution in [0, 0.1) is 11.3 Å². The van der Waals surface area contributed by atoms with Crippen molar-refractivity contribution in [1.29, 1.82) is 5.26 Å². The third-order valence-electron chi connectivity index (χ3n) is 3.94. The molecule has 0 aliphatic rings. The number of nitrogens with one attached hydrogen (secondary N) is 1. The molecule has 7 heteroatoms. The fraction of sp³-hybridized carbons (Fsp3) is 0.250. The molecule has 0 aromatic heterocycles. The summed E-state index contributed by atoms with van der Waals surface area (Å²) in [6.45, 7) is 1.59. The van der Waals surface area contributed by atoms with E-state index in [9.17, 15) is 9.59 Å². The monoisotopic (exact) mass is 367 g/mol. The lowest BCUT2D eigenvalue weighted by molar-refractivity contribution is -0.117. The van der Waals surface area contributed by atoms with Crippen molar-refractivity contribution in [2.75, 3.05) is 31.0 Å². The zero-order chi connectivity index (χ0) is 19.8. The molecule has 140 valence electrons. The minimum absolute atomic E-state index is 0.0640. The third-order valence-corrected chi connectivity index (χ3v) is 3.94. The molecule has 0 unspecified atom stereocenters. The second-order valence-corrected chi connectivity index (χ2v) is 5.66. The maximum absolute atomic E-state index is 12.3. The van der Waals surface area contributed by atoms with Crippen LogP contribution < -0.4 is 19.7 Å². The number of carbonyl (C=O) groups excluding carboxylic acids is 2. The zero-order valence-corrected chi connectivity index (χ0v) is 15.5. The van der Waals surface area contributed by atoms with E-state index in [1.54, 1.807) is 49.6 Å². The Kier molecular flexibility index (Phi) is 6.78. The molecule has 0 heterocycles. The second-order valence-electron chi connectivity index (χ2n) is 5.66. The number of methoxy groups -OCH3 is 2. The van der Waals surface area contributed by atoms with Gasteiger partial charge >= 0.3 is 0 Å². The summed E-state index contributed by atoms with van der Waals surface area (Å²) in [4.78, 5) is 25.9. The molecule has 1 N–H and O–H groups in total. The minimum atomic E-state index is -0.295. The van der Waals surface area contributed by atoms with Crippen molar-refractivity contribution < 1.29 is 19.1 Å². The van der Waals surface area contributed by atoms with Crippen LogP contribution in [0.2, 0.25) is 0 Å². The molecule has 0 saturated carbocycles. The quantitative estimate of drug-likeness (QED) is 0.812. The summed E-state index contributed by atoms with van der Waals surface area (Å²) in [7, 11) is 3.04. The number of para-hydroxylation sites is 1. The summed E-state index contributed by atoms with van der Waals surface area (Å²) in [5, 5.41) is 11.8. The molecule has 2 rings (SSSR count). The molecule has 27 heavy (non-hydrogen) atoms. The lowest BCUT2D eigenvalue weighted by atomic mass is 10.2. The fourth-order valence-electron chi connectivity index (χ4n) is 2.57. The molecule has 0 atom stereocenters. The molecule has 2 amide bonds. The molecule has 0 saturated heterocycles. The van der Waals surface area contributed by atoms with E-state index in [0.29, 0.717) is 28.4 Å². The van der Waals surface area contributed by atoms with Gasteiger partial charge in [-0.25, -0.2) is 0 Å². The highest BCUT2D eigenvalue weighted by Gasteiger charge is 2.18. The molecule has 0 fully saturated rings. The molecule has 2 aromatic carbocycles. The average Bonchev–Trinajstić information content (AvgIpc) is 2.68. The summed E-state index contributed by atoms with van der Waals surface area (Å²) < 4.78 is 10.5. The lowest BCUT2D eigenvalue weighted by Gasteiger charge is -2.23. The van der Waals surface area contributed by atoms with Gasteiger partial charge in [0.15, 0.2) is 0 Å². The van der Waals surface area contributed by atoms with Crippen LogP contribution >= 0.6 is 0 Å². The van der Waals surface area contributed by atoms with Crippen molar-refractivity contribution in [2.24, 2.45) is 0 Å². The van der Waals surface area contributed by atoms with E-state index in [0.717, 1.165) is 0 Å². The van der Waals surface area contributed by atoms with Gasteiger partial charge in [-0.05, 0) is 24.3 Å². The summed E-state index contributed by atoms with van der Waals surface area (Å²) in [6.07, 6.45) is 0.0640. The van der Waals surface area contributed by atoms with Crippen LogP contribution in [0.5, 0.6) is 11.5 Å². The Morgan fingerprint density at radius 3 is 2.52 bits per heavy atom. The van der Waals surface area contributed by atoms with E-state index in [4.69, 9.17) is 14.7 Å². The van der Waals surface area contributed by atoms with Crippen molar-refractivity contribution >= 4 is 23.2 Å². The number of amides is 2. The van der Waals surface area contributed by atoms with Crippen molar-refractivity contribution in [3.8, 4) is 17.6 Å². The number of carbonyl (C=O) groups is 2. The van der Waals surface area contributed by atoms with Crippen LogP contribution in [0.1, 0.15) is 18.9 Å². The fourth-order valence-corrected chi connectivity index (χ4v) is 2.57. The number of rotatable bonds is 7. The predicted molar refractivity (Wildman–Crippen MR) is 102 cm³/mol. The average molecular weight is 367 g/mol. The highest BCUT2D eigenvalue weighted by molar-refractivity contribution is 5.96. The number of nitrogens with zero attached hydrogens (tertiary/aromatic N) is 2. The van der Waals surface area contributed by atoms with Crippen LogP contribution in [0.25, 0.3) is 0 Å². The highest BCUT2D eigenvalue weighted by Crippen LogP contribution is 2.32. The highest BCUT2D eigenvalue weighted by atomic mass is 16.5. The van der Waals surface area contributed by atoms with Crippen LogP contribution in [0.3, 0.4) is 0 Å². The summed E-state index contributed by atoms with van der Waals surface area (Å²) >= 11 is 0. The van der Waals surface area contributed by atoms with Crippen LogP contribution in [0.4, 0.5) is 11.4 Å². The van der Waals surface area contributed by atoms with E-state index in [1.165, 1.54) is 18.9 Å². The number of hydrogen-bond acceptors (Lipinski definition) is 5. The lowest BCUT2D eigenvalue weighted by Crippen LogP contribution is -2.32. The Hall–Kier alpha value is -3.53. The second kappa shape index (κ2) is 9.25. The van der Waals surface area contributed by atoms with Gasteiger partial charge in [-0.15, -0.1) is 0 Å². The first-order valence-electron chi connectivity index (χ1n) is 8.29. The Balaban J connectivity index is 2.12. The molecule has 0 aliphatic carbocycles. The normalized spacial score (nSPS) is 9.85. The molecular weight excluding hydrogens is 346 g/mol. The molecular formula is C20H21N3O4. The van der Waals surface area contributed by atoms with E-state index in [-0.39, 0.29) is 24.8 Å². The van der Waals surface area contributed by atoms with E-state index >= 15 is 0 Å². The van der Waals surface area contributed by atoms with Gasteiger partial charge < -0.3 is 19.7 Å². The Labute approximate surface area is 158 Å². The Bertz CT molecular complexity index is 874. The molecule has 0 aliphatic heterocycles. The number of ether oxygens (including phenoxy) is 2. The molecule has 0 spiro atoms.